The quantitative estimate of drug-likeness (QED) is 0.711. The van der Waals surface area contributed by atoms with Crippen molar-refractivity contribution in [3.8, 4) is 6.07 Å². The minimum Gasteiger partial charge on any atom is -0.380 e. The Morgan fingerprint density at radius 2 is 2.31 bits per heavy atom. The maximum absolute atomic E-state index is 13.0. The van der Waals surface area contributed by atoms with Gasteiger partial charge in [0, 0.05) is 12.7 Å². The zero-order chi connectivity index (χ0) is 9.68. The zero-order valence-corrected chi connectivity index (χ0v) is 7.38. The summed E-state index contributed by atoms with van der Waals surface area (Å²) in [5.41, 5.74) is 1.31. The Morgan fingerprint density at radius 3 is 2.92 bits per heavy atom. The summed E-state index contributed by atoms with van der Waals surface area (Å²) in [5, 5.41) is 8.42. The highest BCUT2D eigenvalue weighted by Gasteiger charge is 2.02. The van der Waals surface area contributed by atoms with Crippen LogP contribution in [-0.2, 0) is 17.8 Å². The van der Waals surface area contributed by atoms with Crippen molar-refractivity contribution in [2.45, 2.75) is 13.0 Å². The zero-order valence-electron chi connectivity index (χ0n) is 7.38. The average Bonchev–Trinajstić information content (AvgIpc) is 2.12. The molecule has 0 spiro atoms. The van der Waals surface area contributed by atoms with Gasteiger partial charge in [-0.3, -0.25) is 0 Å². The fourth-order valence-electron chi connectivity index (χ4n) is 1.11. The first kappa shape index (κ1) is 9.69. The lowest BCUT2D eigenvalue weighted by Crippen LogP contribution is -1.93. The van der Waals surface area contributed by atoms with E-state index in [1.165, 1.54) is 6.07 Å². The van der Waals surface area contributed by atoms with Crippen molar-refractivity contribution >= 4 is 0 Å². The van der Waals surface area contributed by atoms with Crippen LogP contribution in [0.25, 0.3) is 0 Å². The molecule has 0 aliphatic heterocycles. The highest BCUT2D eigenvalue weighted by Crippen LogP contribution is 2.11. The van der Waals surface area contributed by atoms with Gasteiger partial charge in [0.05, 0.1) is 19.1 Å². The standard InChI is InChI=1S/C10H10FNO/c1-13-7-8-2-3-10(11)9(6-8)4-5-12/h2-3,6H,4,7H2,1H3. The molecular formula is C10H10FNO. The molecule has 1 aromatic rings. The van der Waals surface area contributed by atoms with Gasteiger partial charge in [-0.15, -0.1) is 0 Å². The second-order valence-corrected chi connectivity index (χ2v) is 2.69. The molecule has 68 valence electrons. The number of rotatable bonds is 3. The molecule has 1 rings (SSSR count). The SMILES string of the molecule is COCc1ccc(F)c(CC#N)c1. The monoisotopic (exact) mass is 179 g/mol. The molecule has 0 N–H and O–H groups in total. The van der Waals surface area contributed by atoms with Gasteiger partial charge in [0.15, 0.2) is 0 Å². The highest BCUT2D eigenvalue weighted by atomic mass is 19.1. The van der Waals surface area contributed by atoms with E-state index >= 15 is 0 Å². The van der Waals surface area contributed by atoms with Crippen LogP contribution in [0, 0.1) is 17.1 Å². The Labute approximate surface area is 76.6 Å². The average molecular weight is 179 g/mol. The molecule has 0 aromatic heterocycles. The molecule has 0 bridgehead atoms. The molecule has 1 aromatic carbocycles. The van der Waals surface area contributed by atoms with Crippen LogP contribution in [0.1, 0.15) is 11.1 Å². The molecule has 0 radical (unpaired) electrons. The van der Waals surface area contributed by atoms with Crippen molar-refractivity contribution in [3.05, 3.63) is 35.1 Å². The summed E-state index contributed by atoms with van der Waals surface area (Å²) in [6, 6.07) is 6.58. The van der Waals surface area contributed by atoms with Crippen molar-refractivity contribution in [3.63, 3.8) is 0 Å². The Hall–Kier alpha value is -1.40. The van der Waals surface area contributed by atoms with Crippen LogP contribution in [0.2, 0.25) is 0 Å². The first-order valence-electron chi connectivity index (χ1n) is 3.91. The van der Waals surface area contributed by atoms with E-state index in [2.05, 4.69) is 0 Å². The van der Waals surface area contributed by atoms with Gasteiger partial charge in [0.25, 0.3) is 0 Å². The second kappa shape index (κ2) is 4.58. The summed E-state index contributed by atoms with van der Waals surface area (Å²) in [5.74, 6) is -0.332. The topological polar surface area (TPSA) is 33.0 Å². The summed E-state index contributed by atoms with van der Waals surface area (Å²) in [7, 11) is 1.58. The number of hydrogen-bond donors (Lipinski definition) is 0. The largest absolute Gasteiger partial charge is 0.380 e. The first-order valence-corrected chi connectivity index (χ1v) is 3.91. The van der Waals surface area contributed by atoms with Gasteiger partial charge < -0.3 is 4.74 Å². The van der Waals surface area contributed by atoms with Crippen LogP contribution in [0.4, 0.5) is 4.39 Å². The van der Waals surface area contributed by atoms with Gasteiger partial charge in [0.2, 0.25) is 0 Å². The van der Waals surface area contributed by atoms with Crippen molar-refractivity contribution in [2.75, 3.05) is 7.11 Å². The van der Waals surface area contributed by atoms with Crippen LogP contribution in [0.3, 0.4) is 0 Å². The van der Waals surface area contributed by atoms with E-state index in [-0.39, 0.29) is 12.2 Å². The maximum atomic E-state index is 13.0. The molecule has 3 heteroatoms. The number of benzene rings is 1. The lowest BCUT2D eigenvalue weighted by molar-refractivity contribution is 0.185. The van der Waals surface area contributed by atoms with E-state index in [1.54, 1.807) is 19.2 Å². The maximum Gasteiger partial charge on any atom is 0.127 e. The third-order valence-electron chi connectivity index (χ3n) is 1.69. The Bertz CT molecular complexity index is 330. The number of halogens is 1. The molecule has 0 amide bonds. The minimum absolute atomic E-state index is 0.101. The van der Waals surface area contributed by atoms with Crippen LogP contribution in [0.5, 0.6) is 0 Å². The third-order valence-corrected chi connectivity index (χ3v) is 1.69. The van der Waals surface area contributed by atoms with Crippen LogP contribution >= 0.6 is 0 Å². The predicted molar refractivity (Wildman–Crippen MR) is 46.4 cm³/mol. The van der Waals surface area contributed by atoms with Crippen molar-refractivity contribution in [1.29, 1.82) is 5.26 Å². The van der Waals surface area contributed by atoms with Crippen LogP contribution in [0.15, 0.2) is 18.2 Å². The number of hydrogen-bond acceptors (Lipinski definition) is 2. The molecule has 0 unspecified atom stereocenters. The van der Waals surface area contributed by atoms with Gasteiger partial charge in [-0.1, -0.05) is 6.07 Å². The molecule has 0 heterocycles. The summed E-state index contributed by atoms with van der Waals surface area (Å²) < 4.78 is 17.9. The summed E-state index contributed by atoms with van der Waals surface area (Å²) in [4.78, 5) is 0. The highest BCUT2D eigenvalue weighted by molar-refractivity contribution is 5.26. The number of nitriles is 1. The van der Waals surface area contributed by atoms with Crippen molar-refractivity contribution in [2.24, 2.45) is 0 Å². The Balaban J connectivity index is 2.91. The predicted octanol–water partition coefficient (Wildman–Crippen LogP) is 2.04. The Morgan fingerprint density at radius 1 is 1.54 bits per heavy atom. The van der Waals surface area contributed by atoms with E-state index in [0.717, 1.165) is 5.56 Å². The first-order chi connectivity index (χ1) is 6.27. The minimum atomic E-state index is -0.332. The van der Waals surface area contributed by atoms with Gasteiger partial charge in [-0.25, -0.2) is 4.39 Å². The molecular weight excluding hydrogens is 169 g/mol. The number of methoxy groups -OCH3 is 1. The Kier molecular flexibility index (Phi) is 3.41. The van der Waals surface area contributed by atoms with E-state index in [1.807, 2.05) is 6.07 Å². The van der Waals surface area contributed by atoms with Crippen molar-refractivity contribution < 1.29 is 9.13 Å². The summed E-state index contributed by atoms with van der Waals surface area (Å²) >= 11 is 0. The molecule has 0 saturated heterocycles. The van der Waals surface area contributed by atoms with Gasteiger partial charge >= 0.3 is 0 Å². The number of ether oxygens (including phenoxy) is 1. The van der Waals surface area contributed by atoms with E-state index in [9.17, 15) is 4.39 Å². The normalized spacial score (nSPS) is 9.62. The molecule has 0 aliphatic carbocycles. The molecule has 0 aliphatic rings. The molecule has 0 fully saturated rings. The number of nitrogens with zero attached hydrogens (tertiary/aromatic N) is 1. The van der Waals surface area contributed by atoms with Crippen LogP contribution < -0.4 is 0 Å². The van der Waals surface area contributed by atoms with E-state index in [4.69, 9.17) is 10.00 Å². The molecule has 2 nitrogen and oxygen atoms in total. The van der Waals surface area contributed by atoms with Crippen molar-refractivity contribution in [1.82, 2.24) is 0 Å². The van der Waals surface area contributed by atoms with E-state index < -0.39 is 0 Å². The summed E-state index contributed by atoms with van der Waals surface area (Å²) in [6.45, 7) is 0.443. The molecule has 13 heavy (non-hydrogen) atoms. The lowest BCUT2D eigenvalue weighted by atomic mass is 10.1. The lowest BCUT2D eigenvalue weighted by Gasteiger charge is -2.02. The van der Waals surface area contributed by atoms with Gasteiger partial charge in [0.1, 0.15) is 5.82 Å². The fraction of sp³-hybridized carbons (Fsp3) is 0.300. The summed E-state index contributed by atoms with van der Waals surface area (Å²) in [6.07, 6.45) is 0.101. The molecule has 0 saturated carbocycles. The van der Waals surface area contributed by atoms with E-state index in [0.29, 0.717) is 12.2 Å². The van der Waals surface area contributed by atoms with Crippen LogP contribution in [-0.4, -0.2) is 7.11 Å². The molecule has 0 atom stereocenters. The van der Waals surface area contributed by atoms with Gasteiger partial charge in [-0.2, -0.15) is 5.26 Å². The third kappa shape index (κ3) is 2.53. The smallest absolute Gasteiger partial charge is 0.127 e. The fourth-order valence-corrected chi connectivity index (χ4v) is 1.11. The van der Waals surface area contributed by atoms with Gasteiger partial charge in [-0.05, 0) is 17.7 Å². The second-order valence-electron chi connectivity index (χ2n) is 2.69.